The highest BCUT2D eigenvalue weighted by atomic mass is 33.1. The molecule has 0 N–H and O–H groups in total. The Morgan fingerprint density at radius 2 is 1.17 bits per heavy atom. The lowest BCUT2D eigenvalue weighted by atomic mass is 10.5. The first kappa shape index (κ1) is 16.0. The van der Waals surface area contributed by atoms with Crippen LogP contribution < -0.4 is 0 Å². The maximum atomic E-state index is 5.08. The third-order valence-corrected chi connectivity index (χ3v) is 5.59. The molecule has 0 aliphatic carbocycles. The highest BCUT2D eigenvalue weighted by Gasteiger charge is 1.99. The lowest BCUT2D eigenvalue weighted by Crippen LogP contribution is -1.62. The minimum absolute atomic E-state index is 1.01. The van der Waals surface area contributed by atoms with Crippen molar-refractivity contribution in [2.24, 2.45) is 0 Å². The largest absolute Gasteiger partial charge is 0.468 e. The molecule has 0 fully saturated rings. The van der Waals surface area contributed by atoms with Crippen LogP contribution in [0.15, 0.2) is 43.3 Å². The van der Waals surface area contributed by atoms with Gasteiger partial charge in [-0.25, -0.2) is 0 Å². The highest BCUT2D eigenvalue weighted by molar-refractivity contribution is 8.76. The van der Waals surface area contributed by atoms with Crippen molar-refractivity contribution in [3.8, 4) is 0 Å². The van der Waals surface area contributed by atoms with Gasteiger partial charge in [0.05, 0.1) is 22.3 Å². The summed E-state index contributed by atoms with van der Waals surface area (Å²) in [5.41, 5.74) is 0. The molecule has 0 radical (unpaired) electrons. The van der Waals surface area contributed by atoms with Crippen LogP contribution in [0.4, 0.5) is 0 Å². The Hall–Kier alpha value is -0.0400. The van der Waals surface area contributed by atoms with Gasteiger partial charge < -0.3 is 8.83 Å². The van der Waals surface area contributed by atoms with E-state index < -0.39 is 0 Å². The highest BCUT2D eigenvalue weighted by Crippen LogP contribution is 2.31. The van der Waals surface area contributed by atoms with Crippen molar-refractivity contribution in [1.82, 2.24) is 0 Å². The quantitative estimate of drug-likeness (QED) is 0.649. The van der Waals surface area contributed by atoms with Gasteiger partial charge in [-0.2, -0.15) is 0 Å². The Kier molecular flexibility index (Phi) is 7.97. The van der Waals surface area contributed by atoms with Gasteiger partial charge in [-0.3, -0.25) is 0 Å². The molecule has 0 amide bonds. The van der Waals surface area contributed by atoms with E-state index in [-0.39, 0.29) is 0 Å². The molecule has 2 aromatic heterocycles. The molecule has 2 heterocycles. The zero-order chi connectivity index (χ0) is 13.4. The van der Waals surface area contributed by atoms with Crippen molar-refractivity contribution in [3.63, 3.8) is 0 Å². The summed E-state index contributed by atoms with van der Waals surface area (Å²) in [5, 5.41) is 0. The van der Waals surface area contributed by atoms with E-state index in [9.17, 15) is 0 Å². The van der Waals surface area contributed by atoms with Gasteiger partial charge in [-0.15, -0.1) is 0 Å². The Morgan fingerprint density at radius 1 is 0.778 bits per heavy atom. The summed E-state index contributed by atoms with van der Waals surface area (Å²) in [6.45, 7) is 3.94. The van der Waals surface area contributed by atoms with E-state index in [1.54, 1.807) is 55.7 Å². The lowest BCUT2D eigenvalue weighted by molar-refractivity contribution is 0.526. The second-order valence-electron chi connectivity index (χ2n) is 3.18. The predicted molar refractivity (Wildman–Crippen MR) is 85.6 cm³/mol. The standard InChI is InChI=1S/2C6H8OS2/c2*1-5-6(9-8-2)3-4-7-5/h2*3-4H,1-2H3. The van der Waals surface area contributed by atoms with E-state index in [1.165, 1.54) is 9.79 Å². The average molecular weight is 321 g/mol. The molecule has 0 atom stereocenters. The monoisotopic (exact) mass is 320 g/mol. The predicted octanol–water partition coefficient (Wildman–Crippen LogP) is 5.92. The van der Waals surface area contributed by atoms with Gasteiger partial charge in [0, 0.05) is 0 Å². The van der Waals surface area contributed by atoms with Crippen LogP contribution in [0, 0.1) is 13.8 Å². The molecule has 0 bridgehead atoms. The van der Waals surface area contributed by atoms with Crippen LogP contribution >= 0.6 is 43.2 Å². The van der Waals surface area contributed by atoms with Gasteiger partial charge in [-0.1, -0.05) is 43.2 Å². The third-order valence-electron chi connectivity index (χ3n) is 1.97. The van der Waals surface area contributed by atoms with Crippen LogP contribution in [-0.2, 0) is 0 Å². The van der Waals surface area contributed by atoms with Crippen molar-refractivity contribution < 1.29 is 8.83 Å². The zero-order valence-corrected chi connectivity index (χ0v) is 14.0. The topological polar surface area (TPSA) is 26.3 Å². The second-order valence-corrected chi connectivity index (χ2v) is 8.06. The van der Waals surface area contributed by atoms with Gasteiger partial charge in [0.2, 0.25) is 0 Å². The summed E-state index contributed by atoms with van der Waals surface area (Å²) in [6, 6.07) is 3.97. The van der Waals surface area contributed by atoms with Crippen molar-refractivity contribution in [2.45, 2.75) is 23.6 Å². The molecule has 0 spiro atoms. The summed E-state index contributed by atoms with van der Waals surface area (Å²) >= 11 is 0. The zero-order valence-electron chi connectivity index (χ0n) is 10.8. The fraction of sp³-hybridized carbons (Fsp3) is 0.333. The van der Waals surface area contributed by atoms with Crippen molar-refractivity contribution in [3.05, 3.63) is 36.2 Å². The van der Waals surface area contributed by atoms with E-state index in [4.69, 9.17) is 8.83 Å². The molecule has 100 valence electrons. The van der Waals surface area contributed by atoms with E-state index >= 15 is 0 Å². The lowest BCUT2D eigenvalue weighted by Gasteiger charge is -1.90. The summed E-state index contributed by atoms with van der Waals surface area (Å²) < 4.78 is 10.2. The minimum Gasteiger partial charge on any atom is -0.468 e. The summed E-state index contributed by atoms with van der Waals surface area (Å²) in [4.78, 5) is 2.45. The SMILES string of the molecule is CSSc1ccoc1C.CSSc1ccoc1C. The van der Waals surface area contributed by atoms with Gasteiger partial charge in [-0.05, 0) is 38.5 Å². The van der Waals surface area contributed by atoms with Crippen molar-refractivity contribution >= 4 is 43.2 Å². The van der Waals surface area contributed by atoms with Crippen LogP contribution in [0.1, 0.15) is 11.5 Å². The second kappa shape index (κ2) is 8.96. The Balaban J connectivity index is 0.000000180. The first-order valence-electron chi connectivity index (χ1n) is 5.18. The molecule has 2 rings (SSSR count). The van der Waals surface area contributed by atoms with E-state index in [0.717, 1.165) is 11.5 Å². The number of rotatable bonds is 4. The van der Waals surface area contributed by atoms with Crippen LogP contribution in [0.3, 0.4) is 0 Å². The average Bonchev–Trinajstić information content (AvgIpc) is 2.92. The Labute approximate surface area is 124 Å². The molecular weight excluding hydrogens is 304 g/mol. The van der Waals surface area contributed by atoms with E-state index in [0.29, 0.717) is 0 Å². The summed E-state index contributed by atoms with van der Waals surface area (Å²) in [6.07, 6.45) is 7.54. The summed E-state index contributed by atoms with van der Waals surface area (Å²) in [7, 11) is 6.92. The molecule has 2 nitrogen and oxygen atoms in total. The maximum Gasteiger partial charge on any atom is 0.115 e. The molecule has 0 saturated carbocycles. The smallest absolute Gasteiger partial charge is 0.115 e. The fourth-order valence-corrected chi connectivity index (χ4v) is 4.13. The van der Waals surface area contributed by atoms with Gasteiger partial charge in [0.25, 0.3) is 0 Å². The van der Waals surface area contributed by atoms with Crippen LogP contribution in [0.25, 0.3) is 0 Å². The molecule has 0 unspecified atom stereocenters. The van der Waals surface area contributed by atoms with Crippen molar-refractivity contribution in [2.75, 3.05) is 12.5 Å². The van der Waals surface area contributed by atoms with Crippen LogP contribution in [0.5, 0.6) is 0 Å². The molecule has 0 aliphatic rings. The Morgan fingerprint density at radius 3 is 1.39 bits per heavy atom. The maximum absolute atomic E-state index is 5.08. The first-order chi connectivity index (χ1) is 8.69. The molecule has 6 heteroatoms. The van der Waals surface area contributed by atoms with Gasteiger partial charge >= 0.3 is 0 Å². The Bertz CT molecular complexity index is 408. The number of furan rings is 2. The van der Waals surface area contributed by atoms with Gasteiger partial charge in [0.15, 0.2) is 0 Å². The number of aryl methyl sites for hydroxylation is 2. The van der Waals surface area contributed by atoms with E-state index in [2.05, 4.69) is 12.5 Å². The molecule has 2 aromatic rings. The first-order valence-corrected chi connectivity index (χ1v) is 10.3. The van der Waals surface area contributed by atoms with Crippen molar-refractivity contribution in [1.29, 1.82) is 0 Å². The van der Waals surface area contributed by atoms with Crippen LogP contribution in [-0.4, -0.2) is 12.5 Å². The number of hydrogen-bond donors (Lipinski definition) is 0. The molecule has 0 aliphatic heterocycles. The van der Waals surface area contributed by atoms with Crippen LogP contribution in [0.2, 0.25) is 0 Å². The third kappa shape index (κ3) is 5.30. The van der Waals surface area contributed by atoms with Gasteiger partial charge in [0.1, 0.15) is 11.5 Å². The van der Waals surface area contributed by atoms with E-state index in [1.807, 2.05) is 26.0 Å². The molecule has 0 saturated heterocycles. The molecule has 18 heavy (non-hydrogen) atoms. The summed E-state index contributed by atoms with van der Waals surface area (Å²) in [5.74, 6) is 2.02. The number of hydrogen-bond acceptors (Lipinski definition) is 6. The molecular formula is C12H16O2S4. The fourth-order valence-electron chi connectivity index (χ4n) is 1.10. The minimum atomic E-state index is 1.01. The molecule has 0 aromatic carbocycles. The normalized spacial score (nSPS) is 10.0.